The molecule has 8 heteroatoms. The van der Waals surface area contributed by atoms with Crippen LogP contribution < -0.4 is 9.64 Å². The Morgan fingerprint density at radius 1 is 0.744 bits per heavy atom. The van der Waals surface area contributed by atoms with Gasteiger partial charge in [0.1, 0.15) is 24.7 Å². The Balaban J connectivity index is 1.02. The molecule has 1 aromatic heterocycles. The average molecular weight is 529 g/mol. The van der Waals surface area contributed by atoms with Crippen LogP contribution in [0.5, 0.6) is 5.75 Å². The van der Waals surface area contributed by atoms with Crippen LogP contribution in [0.3, 0.4) is 0 Å². The number of carbonyl (C=O) groups is 1. The number of carbonyl (C=O) groups excluding carboxylic acids is 1. The minimum atomic E-state index is -0.592. The van der Waals surface area contributed by atoms with Crippen LogP contribution in [0.1, 0.15) is 0 Å². The van der Waals surface area contributed by atoms with Gasteiger partial charge in [-0.2, -0.15) is 0 Å². The summed E-state index contributed by atoms with van der Waals surface area (Å²) < 4.78 is 7.95. The number of aromatic nitrogens is 1. The molecule has 0 bridgehead atoms. The lowest BCUT2D eigenvalue weighted by Crippen LogP contribution is -2.53. The number of fused-ring (bicyclic) bond motifs is 4. The third-order valence-corrected chi connectivity index (χ3v) is 8.03. The molecular formula is C31H36N4O4. The van der Waals surface area contributed by atoms with Gasteiger partial charge in [0.25, 0.3) is 0 Å². The van der Waals surface area contributed by atoms with E-state index in [1.165, 1.54) is 10.8 Å². The summed E-state index contributed by atoms with van der Waals surface area (Å²) in [6.07, 6.45) is -0.180. The van der Waals surface area contributed by atoms with Gasteiger partial charge in [-0.1, -0.05) is 48.5 Å². The van der Waals surface area contributed by atoms with Gasteiger partial charge in [-0.3, -0.25) is 9.80 Å². The molecule has 8 nitrogen and oxygen atoms in total. The van der Waals surface area contributed by atoms with Crippen molar-refractivity contribution in [3.8, 4) is 5.75 Å². The molecule has 3 heterocycles. The fraction of sp³-hybridized carbons (Fsp3) is 0.387. The third kappa shape index (κ3) is 5.38. The van der Waals surface area contributed by atoms with Crippen LogP contribution in [0.15, 0.2) is 72.8 Å². The van der Waals surface area contributed by atoms with Gasteiger partial charge in [-0.15, -0.1) is 0 Å². The maximum Gasteiger partial charge on any atom is 0.145 e. The number of β-amino-alcohol motifs (C(OH)–C–C–N with tert-alkyl or cyclic N) is 2. The summed E-state index contributed by atoms with van der Waals surface area (Å²) in [5.41, 5.74) is 3.15. The number of nitrogens with zero attached hydrogens (tertiary/aromatic N) is 4. The van der Waals surface area contributed by atoms with E-state index in [4.69, 9.17) is 4.74 Å². The topological polar surface area (TPSA) is 81.4 Å². The number of hydrogen-bond donors (Lipinski definition) is 2. The Kier molecular flexibility index (Phi) is 7.52. The Morgan fingerprint density at radius 2 is 1.28 bits per heavy atom. The summed E-state index contributed by atoms with van der Waals surface area (Å²) in [6.45, 7) is 5.72. The number of para-hydroxylation sites is 4. The first kappa shape index (κ1) is 25.8. The number of rotatable bonds is 9. The van der Waals surface area contributed by atoms with Crippen molar-refractivity contribution in [3.63, 3.8) is 0 Å². The first-order chi connectivity index (χ1) is 19.1. The van der Waals surface area contributed by atoms with E-state index in [9.17, 15) is 15.0 Å². The second-order valence-corrected chi connectivity index (χ2v) is 10.7. The van der Waals surface area contributed by atoms with E-state index in [1.807, 2.05) is 29.2 Å². The van der Waals surface area contributed by atoms with Gasteiger partial charge in [0.15, 0.2) is 0 Å². The second-order valence-electron chi connectivity index (χ2n) is 10.7. The van der Waals surface area contributed by atoms with Crippen molar-refractivity contribution in [3.05, 3.63) is 72.8 Å². The van der Waals surface area contributed by atoms with Crippen LogP contribution in [-0.4, -0.2) is 102 Å². The van der Waals surface area contributed by atoms with Crippen molar-refractivity contribution in [2.24, 2.45) is 0 Å². The van der Waals surface area contributed by atoms with Gasteiger partial charge in [-0.25, -0.2) is 0 Å². The van der Waals surface area contributed by atoms with Crippen molar-refractivity contribution in [1.82, 2.24) is 14.4 Å². The zero-order valence-electron chi connectivity index (χ0n) is 22.1. The minimum Gasteiger partial charge on any atom is -0.489 e. The molecular weight excluding hydrogens is 492 g/mol. The van der Waals surface area contributed by atoms with Crippen LogP contribution in [0.25, 0.3) is 21.8 Å². The quantitative estimate of drug-likeness (QED) is 0.323. The molecule has 3 aromatic carbocycles. The van der Waals surface area contributed by atoms with Gasteiger partial charge in [0.2, 0.25) is 0 Å². The molecule has 0 amide bonds. The molecule has 1 fully saturated rings. The number of benzene rings is 3. The largest absolute Gasteiger partial charge is 0.489 e. The minimum absolute atomic E-state index is 0.294. The van der Waals surface area contributed by atoms with Gasteiger partial charge in [-0.05, 0) is 24.3 Å². The predicted molar refractivity (Wildman–Crippen MR) is 153 cm³/mol. The standard InChI is InChI=1S/C31H36N4O4/c36-21-23-22-39-31-12-6-5-11-30(31)34(23)19-24(37)17-32-13-15-33(16-14-32)18-25(38)20-35-28-9-3-1-7-26(28)27-8-2-4-10-29(27)35/h1-12,21,23-25,37-38H,13-20,22H2. The number of piperazine rings is 1. The van der Waals surface area contributed by atoms with Crippen molar-refractivity contribution in [1.29, 1.82) is 0 Å². The van der Waals surface area contributed by atoms with Crippen molar-refractivity contribution in [2.45, 2.75) is 24.8 Å². The highest BCUT2D eigenvalue weighted by atomic mass is 16.5. The molecule has 0 spiro atoms. The Labute approximate surface area is 228 Å². The van der Waals surface area contributed by atoms with Crippen LogP contribution in [0, 0.1) is 0 Å². The maximum absolute atomic E-state index is 11.7. The van der Waals surface area contributed by atoms with E-state index in [2.05, 4.69) is 62.9 Å². The fourth-order valence-corrected chi connectivity index (χ4v) is 6.11. The summed E-state index contributed by atoms with van der Waals surface area (Å²) in [5.74, 6) is 0.746. The normalized spacial score (nSPS) is 20.1. The number of anilines is 1. The molecule has 0 radical (unpaired) electrons. The van der Waals surface area contributed by atoms with Gasteiger partial charge in [0, 0.05) is 67.6 Å². The molecule has 6 rings (SSSR count). The summed E-state index contributed by atoms with van der Waals surface area (Å²) in [5, 5.41) is 24.4. The summed E-state index contributed by atoms with van der Waals surface area (Å²) >= 11 is 0. The number of aldehydes is 1. The lowest BCUT2D eigenvalue weighted by Gasteiger charge is -2.39. The molecule has 3 atom stereocenters. The van der Waals surface area contributed by atoms with Crippen LogP contribution in [0.4, 0.5) is 5.69 Å². The zero-order chi connectivity index (χ0) is 26.8. The Morgan fingerprint density at radius 3 is 1.90 bits per heavy atom. The molecule has 2 aliphatic heterocycles. The van der Waals surface area contributed by atoms with E-state index < -0.39 is 18.2 Å². The second kappa shape index (κ2) is 11.4. The molecule has 2 N–H and O–H groups in total. The molecule has 0 saturated carbocycles. The highest BCUT2D eigenvalue weighted by Gasteiger charge is 2.30. The first-order valence-electron chi connectivity index (χ1n) is 13.8. The van der Waals surface area contributed by atoms with Crippen molar-refractivity contribution >= 4 is 33.8 Å². The SMILES string of the molecule is O=CC1COc2ccccc2N1CC(O)CN1CCN(CC(O)Cn2c3ccccc3c3ccccc32)CC1. The lowest BCUT2D eigenvalue weighted by atomic mass is 10.1. The summed E-state index contributed by atoms with van der Waals surface area (Å²) in [4.78, 5) is 18.2. The molecule has 4 aromatic rings. The molecule has 39 heavy (non-hydrogen) atoms. The summed E-state index contributed by atoms with van der Waals surface area (Å²) in [6, 6.07) is 24.0. The first-order valence-corrected chi connectivity index (χ1v) is 13.8. The molecule has 204 valence electrons. The zero-order valence-corrected chi connectivity index (χ0v) is 22.1. The third-order valence-electron chi connectivity index (χ3n) is 8.03. The fourth-order valence-electron chi connectivity index (χ4n) is 6.11. The Hall–Kier alpha value is -3.43. The number of hydrogen-bond acceptors (Lipinski definition) is 7. The maximum atomic E-state index is 11.7. The van der Waals surface area contributed by atoms with Crippen LogP contribution >= 0.6 is 0 Å². The number of aliphatic hydroxyl groups is 2. The van der Waals surface area contributed by atoms with E-state index in [1.54, 1.807) is 0 Å². The van der Waals surface area contributed by atoms with E-state index in [0.29, 0.717) is 32.8 Å². The molecule has 1 saturated heterocycles. The average Bonchev–Trinajstić information content (AvgIpc) is 3.27. The van der Waals surface area contributed by atoms with Crippen molar-refractivity contribution in [2.75, 3.05) is 57.3 Å². The highest BCUT2D eigenvalue weighted by molar-refractivity contribution is 6.07. The van der Waals surface area contributed by atoms with E-state index >= 15 is 0 Å². The molecule has 2 aliphatic rings. The molecule has 0 aliphatic carbocycles. The highest BCUT2D eigenvalue weighted by Crippen LogP contribution is 2.33. The molecule has 3 unspecified atom stereocenters. The van der Waals surface area contributed by atoms with E-state index in [0.717, 1.165) is 54.9 Å². The Bertz CT molecular complexity index is 1380. The van der Waals surface area contributed by atoms with Gasteiger partial charge < -0.3 is 29.2 Å². The van der Waals surface area contributed by atoms with E-state index in [-0.39, 0.29) is 0 Å². The van der Waals surface area contributed by atoms with Gasteiger partial charge in [0.05, 0.1) is 24.4 Å². The van der Waals surface area contributed by atoms with Crippen LogP contribution in [0.2, 0.25) is 0 Å². The summed E-state index contributed by atoms with van der Waals surface area (Å²) in [7, 11) is 0. The number of aliphatic hydroxyl groups excluding tert-OH is 2. The lowest BCUT2D eigenvalue weighted by molar-refractivity contribution is -0.109. The monoisotopic (exact) mass is 528 g/mol. The number of ether oxygens (including phenoxy) is 1. The predicted octanol–water partition coefficient (Wildman–Crippen LogP) is 2.60. The van der Waals surface area contributed by atoms with Crippen molar-refractivity contribution < 1.29 is 19.7 Å². The van der Waals surface area contributed by atoms with Crippen LogP contribution in [-0.2, 0) is 11.3 Å². The van der Waals surface area contributed by atoms with Gasteiger partial charge >= 0.3 is 0 Å². The smallest absolute Gasteiger partial charge is 0.145 e.